The van der Waals surface area contributed by atoms with Crippen molar-refractivity contribution in [2.24, 2.45) is 0 Å². The molecule has 0 aliphatic rings. The van der Waals surface area contributed by atoms with E-state index in [9.17, 15) is 15.0 Å². The zero-order valence-corrected chi connectivity index (χ0v) is 9.69. The molecule has 2 unspecified atom stereocenters. The Balaban J connectivity index is 2.48. The van der Waals surface area contributed by atoms with Crippen LogP contribution >= 0.6 is 11.6 Å². The summed E-state index contributed by atoms with van der Waals surface area (Å²) < 4.78 is 0. The average Bonchev–Trinajstić information content (AvgIpc) is 2.37. The van der Waals surface area contributed by atoms with Crippen molar-refractivity contribution in [1.29, 1.82) is 0 Å². The quantitative estimate of drug-likeness (QED) is 0.719. The molecule has 0 bridgehead atoms. The molecule has 5 heteroatoms. The highest BCUT2D eigenvalue weighted by Gasteiger charge is 2.17. The molecule has 0 radical (unpaired) electrons. The molecule has 2 rings (SSSR count). The molecule has 1 aromatic carbocycles. The van der Waals surface area contributed by atoms with Gasteiger partial charge < -0.3 is 15.2 Å². The number of pyridine rings is 1. The van der Waals surface area contributed by atoms with Crippen molar-refractivity contribution in [2.45, 2.75) is 12.2 Å². The molecule has 0 saturated carbocycles. The number of alkyl halides is 1. The molecule has 0 aliphatic heterocycles. The number of aromatic amines is 1. The van der Waals surface area contributed by atoms with Gasteiger partial charge in [0.1, 0.15) is 6.10 Å². The Hall–Kier alpha value is -1.36. The number of aliphatic hydroxyl groups is 2. The van der Waals surface area contributed by atoms with Gasteiger partial charge in [0.05, 0.1) is 12.0 Å². The first-order valence-electron chi connectivity index (χ1n) is 5.17. The van der Waals surface area contributed by atoms with Gasteiger partial charge in [-0.3, -0.25) is 4.79 Å². The van der Waals surface area contributed by atoms with E-state index in [0.717, 1.165) is 0 Å². The molecule has 1 aromatic heterocycles. The van der Waals surface area contributed by atoms with E-state index in [-0.39, 0.29) is 11.3 Å². The van der Waals surface area contributed by atoms with Crippen LogP contribution in [0.15, 0.2) is 35.3 Å². The predicted molar refractivity (Wildman–Crippen MR) is 66.3 cm³/mol. The molecule has 0 saturated heterocycles. The number of fused-ring (bicyclic) bond motifs is 1. The molecule has 0 amide bonds. The second-order valence-corrected chi connectivity index (χ2v) is 4.12. The standard InChI is InChI=1S/C12H12ClNO3/c13-6-11(16)12(17)7-1-2-8-9(5-7)14-4-3-10(8)15/h1-5,11-12,16-17H,6H2,(H,14,15). The van der Waals surface area contributed by atoms with Crippen LogP contribution in [-0.4, -0.2) is 27.2 Å². The average molecular weight is 254 g/mol. The Labute approximate surface area is 102 Å². The van der Waals surface area contributed by atoms with E-state index in [4.69, 9.17) is 11.6 Å². The molecular weight excluding hydrogens is 242 g/mol. The van der Waals surface area contributed by atoms with Gasteiger partial charge in [0.2, 0.25) is 0 Å². The summed E-state index contributed by atoms with van der Waals surface area (Å²) in [7, 11) is 0. The van der Waals surface area contributed by atoms with Crippen LogP contribution in [0.25, 0.3) is 10.9 Å². The van der Waals surface area contributed by atoms with E-state index in [1.807, 2.05) is 0 Å². The van der Waals surface area contributed by atoms with Gasteiger partial charge in [-0.25, -0.2) is 0 Å². The van der Waals surface area contributed by atoms with Gasteiger partial charge in [-0.05, 0) is 17.7 Å². The van der Waals surface area contributed by atoms with E-state index >= 15 is 0 Å². The van der Waals surface area contributed by atoms with Crippen molar-refractivity contribution in [3.05, 3.63) is 46.2 Å². The van der Waals surface area contributed by atoms with E-state index in [2.05, 4.69) is 4.98 Å². The summed E-state index contributed by atoms with van der Waals surface area (Å²) in [4.78, 5) is 14.4. The normalized spacial score (nSPS) is 14.8. The van der Waals surface area contributed by atoms with E-state index < -0.39 is 12.2 Å². The van der Waals surface area contributed by atoms with Crippen LogP contribution < -0.4 is 5.43 Å². The van der Waals surface area contributed by atoms with Crippen molar-refractivity contribution in [3.63, 3.8) is 0 Å². The molecular formula is C12H12ClNO3. The van der Waals surface area contributed by atoms with Crippen molar-refractivity contribution < 1.29 is 10.2 Å². The number of hydrogen-bond donors (Lipinski definition) is 3. The van der Waals surface area contributed by atoms with Crippen molar-refractivity contribution in [2.75, 3.05) is 5.88 Å². The molecule has 4 nitrogen and oxygen atoms in total. The largest absolute Gasteiger partial charge is 0.389 e. The molecule has 2 aromatic rings. The minimum Gasteiger partial charge on any atom is -0.389 e. The SMILES string of the molecule is O=c1cc[nH]c2cc(C(O)C(O)CCl)ccc12. The number of aliphatic hydroxyl groups excluding tert-OH is 2. The number of benzene rings is 1. The third-order valence-electron chi connectivity index (χ3n) is 2.65. The summed E-state index contributed by atoms with van der Waals surface area (Å²) in [6, 6.07) is 6.30. The smallest absolute Gasteiger partial charge is 0.189 e. The minimum absolute atomic E-state index is 0.0511. The summed E-state index contributed by atoms with van der Waals surface area (Å²) in [5.74, 6) is -0.0511. The maximum absolute atomic E-state index is 11.5. The molecule has 2 atom stereocenters. The lowest BCUT2D eigenvalue weighted by molar-refractivity contribution is 0.0328. The highest BCUT2D eigenvalue weighted by molar-refractivity contribution is 6.18. The summed E-state index contributed by atoms with van der Waals surface area (Å²) in [6.45, 7) is 0. The van der Waals surface area contributed by atoms with Gasteiger partial charge in [-0.2, -0.15) is 0 Å². The lowest BCUT2D eigenvalue weighted by atomic mass is 10.0. The lowest BCUT2D eigenvalue weighted by Crippen LogP contribution is -2.19. The molecule has 0 aliphatic carbocycles. The fourth-order valence-corrected chi connectivity index (χ4v) is 1.85. The number of aromatic nitrogens is 1. The second-order valence-electron chi connectivity index (χ2n) is 3.81. The molecule has 90 valence electrons. The number of rotatable bonds is 3. The van der Waals surface area contributed by atoms with E-state index in [0.29, 0.717) is 16.5 Å². The van der Waals surface area contributed by atoms with Crippen LogP contribution in [0.3, 0.4) is 0 Å². The zero-order valence-electron chi connectivity index (χ0n) is 8.93. The number of nitrogens with one attached hydrogen (secondary N) is 1. The highest BCUT2D eigenvalue weighted by Crippen LogP contribution is 2.20. The Morgan fingerprint density at radius 3 is 2.76 bits per heavy atom. The Bertz CT molecular complexity index is 581. The molecule has 3 N–H and O–H groups in total. The van der Waals surface area contributed by atoms with Crippen LogP contribution in [0.5, 0.6) is 0 Å². The van der Waals surface area contributed by atoms with E-state index in [1.165, 1.54) is 6.07 Å². The topological polar surface area (TPSA) is 73.3 Å². The third kappa shape index (κ3) is 2.34. The van der Waals surface area contributed by atoms with Crippen LogP contribution in [0.4, 0.5) is 0 Å². The van der Waals surface area contributed by atoms with Gasteiger partial charge in [0.25, 0.3) is 0 Å². The van der Waals surface area contributed by atoms with Crippen molar-refractivity contribution >= 4 is 22.5 Å². The number of hydrogen-bond acceptors (Lipinski definition) is 3. The molecule has 0 fully saturated rings. The van der Waals surface area contributed by atoms with Crippen LogP contribution in [0.2, 0.25) is 0 Å². The summed E-state index contributed by atoms with van der Waals surface area (Å²) in [5.41, 5.74) is 1.06. The molecule has 1 heterocycles. The van der Waals surface area contributed by atoms with Gasteiger partial charge in [0, 0.05) is 23.2 Å². The first-order valence-corrected chi connectivity index (χ1v) is 5.70. The zero-order chi connectivity index (χ0) is 12.4. The molecule has 0 spiro atoms. The highest BCUT2D eigenvalue weighted by atomic mass is 35.5. The second kappa shape index (κ2) is 4.87. The molecule has 17 heavy (non-hydrogen) atoms. The number of halogens is 1. The van der Waals surface area contributed by atoms with Crippen LogP contribution in [-0.2, 0) is 0 Å². The maximum Gasteiger partial charge on any atom is 0.189 e. The first-order chi connectivity index (χ1) is 8.13. The van der Waals surface area contributed by atoms with Crippen LogP contribution in [0, 0.1) is 0 Å². The number of H-pyrrole nitrogens is 1. The lowest BCUT2D eigenvalue weighted by Gasteiger charge is -2.15. The van der Waals surface area contributed by atoms with Gasteiger partial charge >= 0.3 is 0 Å². The van der Waals surface area contributed by atoms with Gasteiger partial charge in [0.15, 0.2) is 5.43 Å². The van der Waals surface area contributed by atoms with Crippen molar-refractivity contribution in [1.82, 2.24) is 4.98 Å². The fourth-order valence-electron chi connectivity index (χ4n) is 1.68. The van der Waals surface area contributed by atoms with E-state index in [1.54, 1.807) is 24.4 Å². The maximum atomic E-state index is 11.5. The summed E-state index contributed by atoms with van der Waals surface area (Å²) >= 11 is 5.47. The predicted octanol–water partition coefficient (Wildman–Crippen LogP) is 1.16. The minimum atomic E-state index is -1.05. The summed E-state index contributed by atoms with van der Waals surface area (Å²) in [5, 5.41) is 19.8. The Kier molecular flexibility index (Phi) is 3.47. The first kappa shape index (κ1) is 12.1. The Morgan fingerprint density at radius 2 is 2.06 bits per heavy atom. The van der Waals surface area contributed by atoms with Gasteiger partial charge in [-0.15, -0.1) is 11.6 Å². The van der Waals surface area contributed by atoms with Crippen molar-refractivity contribution in [3.8, 4) is 0 Å². The third-order valence-corrected chi connectivity index (χ3v) is 2.96. The fraction of sp³-hybridized carbons (Fsp3) is 0.250. The van der Waals surface area contributed by atoms with Crippen LogP contribution in [0.1, 0.15) is 11.7 Å². The Morgan fingerprint density at radius 1 is 1.29 bits per heavy atom. The summed E-state index contributed by atoms with van der Waals surface area (Å²) in [6.07, 6.45) is -0.538. The van der Waals surface area contributed by atoms with Gasteiger partial charge in [-0.1, -0.05) is 6.07 Å². The monoisotopic (exact) mass is 253 g/mol.